The highest BCUT2D eigenvalue weighted by atomic mass is 79.9. The summed E-state index contributed by atoms with van der Waals surface area (Å²) in [6.07, 6.45) is 5.67. The summed E-state index contributed by atoms with van der Waals surface area (Å²) in [5.74, 6) is 0.304. The van der Waals surface area contributed by atoms with Gasteiger partial charge in [0, 0.05) is 11.9 Å². The molecule has 0 saturated carbocycles. The third-order valence-corrected chi connectivity index (χ3v) is 4.09. The van der Waals surface area contributed by atoms with Gasteiger partial charge in [0.15, 0.2) is 0 Å². The molecular formula is C15H20BrNO. The van der Waals surface area contributed by atoms with Crippen LogP contribution in [0.25, 0.3) is 0 Å². The van der Waals surface area contributed by atoms with Crippen LogP contribution in [0.5, 0.6) is 0 Å². The lowest BCUT2D eigenvalue weighted by atomic mass is 9.77. The Labute approximate surface area is 117 Å². The van der Waals surface area contributed by atoms with Crippen LogP contribution in [0.1, 0.15) is 42.7 Å². The van der Waals surface area contributed by atoms with Crippen LogP contribution < -0.4 is 5.32 Å². The van der Waals surface area contributed by atoms with Gasteiger partial charge in [0.2, 0.25) is 5.91 Å². The fourth-order valence-electron chi connectivity index (χ4n) is 2.40. The summed E-state index contributed by atoms with van der Waals surface area (Å²) in [6, 6.07) is 8.23. The molecule has 1 atom stereocenters. The number of fused-ring (bicyclic) bond motifs is 1. The van der Waals surface area contributed by atoms with E-state index in [2.05, 4.69) is 33.4 Å². The molecule has 2 nitrogen and oxygen atoms in total. The Hall–Kier alpha value is -0.830. The molecule has 2 rings (SSSR count). The second kappa shape index (κ2) is 6.93. The lowest BCUT2D eigenvalue weighted by molar-refractivity contribution is -0.123. The molecule has 0 heterocycles. The minimum atomic E-state index is 0.101. The van der Waals surface area contributed by atoms with Crippen molar-refractivity contribution in [2.45, 2.75) is 38.0 Å². The molecule has 0 radical (unpaired) electrons. The molecule has 3 heteroatoms. The highest BCUT2D eigenvalue weighted by Crippen LogP contribution is 2.34. The molecule has 1 aliphatic rings. The minimum absolute atomic E-state index is 0.101. The van der Waals surface area contributed by atoms with E-state index in [4.69, 9.17) is 0 Å². The number of benzene rings is 1. The summed E-state index contributed by atoms with van der Waals surface area (Å²) < 4.78 is 0. The van der Waals surface area contributed by atoms with Crippen LogP contribution in [0.4, 0.5) is 0 Å². The van der Waals surface area contributed by atoms with E-state index in [0.717, 1.165) is 24.7 Å². The van der Waals surface area contributed by atoms with Crippen LogP contribution >= 0.6 is 15.9 Å². The second-order valence-corrected chi connectivity index (χ2v) is 5.64. The third kappa shape index (κ3) is 3.35. The van der Waals surface area contributed by atoms with Crippen molar-refractivity contribution in [3.8, 4) is 0 Å². The van der Waals surface area contributed by atoms with Crippen molar-refractivity contribution in [1.82, 2.24) is 5.32 Å². The lowest BCUT2D eigenvalue weighted by Gasteiger charge is -2.28. The average Bonchev–Trinajstić information content (AvgIpc) is 2.35. The van der Waals surface area contributed by atoms with Crippen molar-refractivity contribution in [2.75, 3.05) is 11.9 Å². The average molecular weight is 310 g/mol. The van der Waals surface area contributed by atoms with E-state index >= 15 is 0 Å². The minimum Gasteiger partial charge on any atom is -0.356 e. The molecule has 1 aromatic carbocycles. The van der Waals surface area contributed by atoms with Gasteiger partial charge < -0.3 is 5.32 Å². The van der Waals surface area contributed by atoms with Gasteiger partial charge in [0.05, 0.1) is 5.92 Å². The van der Waals surface area contributed by atoms with Crippen LogP contribution in [0, 0.1) is 0 Å². The van der Waals surface area contributed by atoms with Gasteiger partial charge in [0.1, 0.15) is 0 Å². The highest BCUT2D eigenvalue weighted by Gasteiger charge is 2.31. The van der Waals surface area contributed by atoms with Gasteiger partial charge in [-0.2, -0.15) is 0 Å². The second-order valence-electron chi connectivity index (χ2n) is 4.85. The topological polar surface area (TPSA) is 29.1 Å². The maximum Gasteiger partial charge on any atom is 0.227 e. The van der Waals surface area contributed by atoms with Crippen LogP contribution in [0.2, 0.25) is 0 Å². The number of nitrogens with one attached hydrogen (secondary N) is 1. The maximum absolute atomic E-state index is 12.0. The summed E-state index contributed by atoms with van der Waals surface area (Å²) in [6.45, 7) is 0.819. The first kappa shape index (κ1) is 13.6. The molecule has 0 bridgehead atoms. The van der Waals surface area contributed by atoms with E-state index in [1.54, 1.807) is 0 Å². The van der Waals surface area contributed by atoms with Gasteiger partial charge in [-0.1, -0.05) is 53.0 Å². The fraction of sp³-hybridized carbons (Fsp3) is 0.533. The van der Waals surface area contributed by atoms with Crippen molar-refractivity contribution >= 4 is 21.8 Å². The van der Waals surface area contributed by atoms with E-state index in [1.165, 1.54) is 30.4 Å². The standard InChI is InChI=1S/C15H20BrNO/c16-9-5-1-2-6-10-17-15(18)14-11-12-7-3-4-8-13(12)14/h3-4,7-8,14H,1-2,5-6,9-11H2,(H,17,18). The van der Waals surface area contributed by atoms with Gasteiger partial charge in [-0.25, -0.2) is 0 Å². The molecule has 0 fully saturated rings. The SMILES string of the molecule is O=C(NCCCCCCBr)C1Cc2ccccc21. The number of halogens is 1. The zero-order chi connectivity index (χ0) is 12.8. The molecule has 98 valence electrons. The van der Waals surface area contributed by atoms with Crippen molar-refractivity contribution in [3.05, 3.63) is 35.4 Å². The number of carbonyl (C=O) groups is 1. The zero-order valence-corrected chi connectivity index (χ0v) is 12.2. The lowest BCUT2D eigenvalue weighted by Crippen LogP contribution is -2.35. The molecule has 1 N–H and O–H groups in total. The van der Waals surface area contributed by atoms with E-state index < -0.39 is 0 Å². The van der Waals surface area contributed by atoms with Crippen molar-refractivity contribution in [2.24, 2.45) is 0 Å². The molecule has 0 aliphatic heterocycles. The molecule has 1 amide bonds. The number of alkyl halides is 1. The van der Waals surface area contributed by atoms with Gasteiger partial charge in [-0.15, -0.1) is 0 Å². The van der Waals surface area contributed by atoms with Gasteiger partial charge in [-0.05, 0) is 30.4 Å². The predicted octanol–water partition coefficient (Wildman–Crippen LogP) is 3.40. The zero-order valence-electron chi connectivity index (χ0n) is 10.6. The monoisotopic (exact) mass is 309 g/mol. The van der Waals surface area contributed by atoms with E-state index in [1.807, 2.05) is 12.1 Å². The van der Waals surface area contributed by atoms with Crippen molar-refractivity contribution in [1.29, 1.82) is 0 Å². The summed E-state index contributed by atoms with van der Waals surface area (Å²) in [5.41, 5.74) is 2.55. The number of rotatable bonds is 7. The van der Waals surface area contributed by atoms with Gasteiger partial charge >= 0.3 is 0 Å². The Kier molecular flexibility index (Phi) is 5.24. The van der Waals surface area contributed by atoms with Crippen molar-refractivity contribution < 1.29 is 4.79 Å². The first-order chi connectivity index (χ1) is 8.83. The predicted molar refractivity (Wildman–Crippen MR) is 78.2 cm³/mol. The van der Waals surface area contributed by atoms with Crippen molar-refractivity contribution in [3.63, 3.8) is 0 Å². The van der Waals surface area contributed by atoms with Gasteiger partial charge in [-0.3, -0.25) is 4.79 Å². The Balaban J connectivity index is 1.65. The maximum atomic E-state index is 12.0. The number of hydrogen-bond acceptors (Lipinski definition) is 1. The number of amides is 1. The van der Waals surface area contributed by atoms with Crippen LogP contribution in [-0.4, -0.2) is 17.8 Å². The summed E-state index contributed by atoms with van der Waals surface area (Å²) >= 11 is 3.42. The highest BCUT2D eigenvalue weighted by molar-refractivity contribution is 9.09. The fourth-order valence-corrected chi connectivity index (χ4v) is 2.80. The molecule has 0 spiro atoms. The third-order valence-electron chi connectivity index (χ3n) is 3.53. The van der Waals surface area contributed by atoms with Gasteiger partial charge in [0.25, 0.3) is 0 Å². The largest absolute Gasteiger partial charge is 0.356 e. The summed E-state index contributed by atoms with van der Waals surface area (Å²) in [5, 5.41) is 4.13. The number of unbranched alkanes of at least 4 members (excludes halogenated alkanes) is 3. The molecule has 0 saturated heterocycles. The Bertz CT molecular complexity index is 405. The van der Waals surface area contributed by atoms with E-state index in [-0.39, 0.29) is 11.8 Å². The molecular weight excluding hydrogens is 290 g/mol. The van der Waals surface area contributed by atoms with E-state index in [9.17, 15) is 4.79 Å². The van der Waals surface area contributed by atoms with E-state index in [0.29, 0.717) is 0 Å². The summed E-state index contributed by atoms with van der Waals surface area (Å²) in [7, 11) is 0. The van der Waals surface area contributed by atoms with Crippen LogP contribution in [0.15, 0.2) is 24.3 Å². The molecule has 18 heavy (non-hydrogen) atoms. The first-order valence-corrected chi connectivity index (χ1v) is 7.86. The molecule has 1 aromatic rings. The van der Waals surface area contributed by atoms with Crippen LogP contribution in [-0.2, 0) is 11.2 Å². The molecule has 1 aliphatic carbocycles. The quantitative estimate of drug-likeness (QED) is 0.607. The number of carbonyl (C=O) groups excluding carboxylic acids is 1. The Morgan fingerprint density at radius 3 is 2.78 bits per heavy atom. The normalized spacial score (nSPS) is 16.8. The molecule has 1 unspecified atom stereocenters. The number of hydrogen-bond donors (Lipinski definition) is 1. The summed E-state index contributed by atoms with van der Waals surface area (Å²) in [4.78, 5) is 12.0. The first-order valence-electron chi connectivity index (χ1n) is 6.74. The Morgan fingerprint density at radius 2 is 2.00 bits per heavy atom. The Morgan fingerprint density at radius 1 is 1.22 bits per heavy atom. The van der Waals surface area contributed by atoms with Crippen LogP contribution in [0.3, 0.4) is 0 Å². The molecule has 0 aromatic heterocycles. The smallest absolute Gasteiger partial charge is 0.227 e.